The Balaban J connectivity index is 1.85. The van der Waals surface area contributed by atoms with Gasteiger partial charge in [-0.3, -0.25) is 9.59 Å². The first-order valence-electron chi connectivity index (χ1n) is 8.32. The number of hydrogen-bond donors (Lipinski definition) is 1. The first-order chi connectivity index (χ1) is 12.0. The summed E-state index contributed by atoms with van der Waals surface area (Å²) in [6.45, 7) is 4.27. The van der Waals surface area contributed by atoms with Crippen molar-refractivity contribution >= 4 is 29.1 Å². The first kappa shape index (κ1) is 19.0. The second kappa shape index (κ2) is 9.23. The lowest BCUT2D eigenvalue weighted by Gasteiger charge is -2.23. The highest BCUT2D eigenvalue weighted by Gasteiger charge is 2.14. The number of nitrogens with one attached hydrogen (secondary N) is 1. The fraction of sp³-hybridized carbons (Fsp3) is 0.300. The monoisotopic (exact) mass is 358 g/mol. The molecule has 132 valence electrons. The Labute approximate surface area is 153 Å². The third-order valence-electron chi connectivity index (χ3n) is 3.97. The summed E-state index contributed by atoms with van der Waals surface area (Å²) in [7, 11) is 0. The molecule has 2 aromatic rings. The molecule has 0 spiro atoms. The van der Waals surface area contributed by atoms with Crippen LogP contribution in [-0.2, 0) is 16.0 Å². The van der Waals surface area contributed by atoms with E-state index in [-0.39, 0.29) is 11.8 Å². The second-order valence-corrected chi connectivity index (χ2v) is 6.37. The van der Waals surface area contributed by atoms with Gasteiger partial charge in [-0.05, 0) is 42.7 Å². The summed E-state index contributed by atoms with van der Waals surface area (Å²) in [4.78, 5) is 25.6. The average molecular weight is 359 g/mol. The number of benzene rings is 2. The van der Waals surface area contributed by atoms with Gasteiger partial charge in [0.1, 0.15) is 0 Å². The quantitative estimate of drug-likeness (QED) is 0.819. The SMILES string of the molecule is CC(=O)N(CCNC(=O)CCc1ccccc1)c1ccc(Cl)cc1C. The summed E-state index contributed by atoms with van der Waals surface area (Å²) < 4.78 is 0. The highest BCUT2D eigenvalue weighted by atomic mass is 35.5. The minimum Gasteiger partial charge on any atom is -0.354 e. The Morgan fingerprint density at radius 1 is 1.12 bits per heavy atom. The predicted molar refractivity (Wildman–Crippen MR) is 102 cm³/mol. The van der Waals surface area contributed by atoms with Crippen LogP contribution in [0.5, 0.6) is 0 Å². The first-order valence-corrected chi connectivity index (χ1v) is 8.70. The molecule has 0 unspecified atom stereocenters. The van der Waals surface area contributed by atoms with Crippen LogP contribution >= 0.6 is 11.6 Å². The van der Waals surface area contributed by atoms with Crippen LogP contribution in [-0.4, -0.2) is 24.9 Å². The van der Waals surface area contributed by atoms with Gasteiger partial charge in [0, 0.05) is 37.1 Å². The standard InChI is InChI=1S/C20H23ClN2O2/c1-15-14-18(21)9-10-19(15)23(16(2)24)13-12-22-20(25)11-8-17-6-4-3-5-7-17/h3-7,9-10,14H,8,11-13H2,1-2H3,(H,22,25). The third kappa shape index (κ3) is 5.91. The Bertz CT molecular complexity index is 732. The van der Waals surface area contributed by atoms with Gasteiger partial charge in [0.05, 0.1) is 0 Å². The Morgan fingerprint density at radius 2 is 1.84 bits per heavy atom. The Morgan fingerprint density at radius 3 is 2.48 bits per heavy atom. The molecule has 1 N–H and O–H groups in total. The van der Waals surface area contributed by atoms with Crippen molar-refractivity contribution in [3.63, 3.8) is 0 Å². The minimum atomic E-state index is -0.0658. The number of rotatable bonds is 7. The zero-order chi connectivity index (χ0) is 18.2. The van der Waals surface area contributed by atoms with Crippen molar-refractivity contribution < 1.29 is 9.59 Å². The van der Waals surface area contributed by atoms with Crippen molar-refractivity contribution in [2.24, 2.45) is 0 Å². The summed E-state index contributed by atoms with van der Waals surface area (Å²) in [5.41, 5.74) is 2.88. The molecule has 0 aliphatic rings. The van der Waals surface area contributed by atoms with Gasteiger partial charge in [-0.2, -0.15) is 0 Å². The second-order valence-electron chi connectivity index (χ2n) is 5.94. The van der Waals surface area contributed by atoms with Crippen LogP contribution in [0, 0.1) is 6.92 Å². The molecule has 4 nitrogen and oxygen atoms in total. The van der Waals surface area contributed by atoms with Crippen molar-refractivity contribution in [2.75, 3.05) is 18.0 Å². The lowest BCUT2D eigenvalue weighted by Crippen LogP contribution is -2.38. The van der Waals surface area contributed by atoms with Crippen molar-refractivity contribution in [1.29, 1.82) is 0 Å². The summed E-state index contributed by atoms with van der Waals surface area (Å²) in [5.74, 6) is -0.0795. The van der Waals surface area contributed by atoms with E-state index in [1.807, 2.05) is 49.4 Å². The molecule has 0 aliphatic heterocycles. The van der Waals surface area contributed by atoms with E-state index >= 15 is 0 Å². The highest BCUT2D eigenvalue weighted by Crippen LogP contribution is 2.23. The van der Waals surface area contributed by atoms with E-state index in [1.54, 1.807) is 11.0 Å². The molecule has 0 radical (unpaired) electrons. The largest absolute Gasteiger partial charge is 0.354 e. The molecule has 2 rings (SSSR count). The van der Waals surface area contributed by atoms with E-state index < -0.39 is 0 Å². The number of carbonyl (C=O) groups is 2. The molecular weight excluding hydrogens is 336 g/mol. The topological polar surface area (TPSA) is 49.4 Å². The van der Waals surface area contributed by atoms with Gasteiger partial charge in [0.15, 0.2) is 0 Å². The molecule has 0 atom stereocenters. The van der Waals surface area contributed by atoms with Gasteiger partial charge in [0.25, 0.3) is 0 Å². The van der Waals surface area contributed by atoms with Crippen LogP contribution < -0.4 is 10.2 Å². The van der Waals surface area contributed by atoms with Gasteiger partial charge in [-0.15, -0.1) is 0 Å². The Hall–Kier alpha value is -2.33. The van der Waals surface area contributed by atoms with Crippen LogP contribution in [0.3, 0.4) is 0 Å². The maximum absolute atomic E-state index is 12.0. The zero-order valence-electron chi connectivity index (χ0n) is 14.6. The number of hydrogen-bond acceptors (Lipinski definition) is 2. The maximum Gasteiger partial charge on any atom is 0.223 e. The van der Waals surface area contributed by atoms with Gasteiger partial charge >= 0.3 is 0 Å². The molecule has 0 saturated carbocycles. The molecule has 0 aromatic heterocycles. The Kier molecular flexibility index (Phi) is 7.02. The lowest BCUT2D eigenvalue weighted by atomic mass is 10.1. The fourth-order valence-electron chi connectivity index (χ4n) is 2.67. The molecule has 0 aliphatic carbocycles. The number of aryl methyl sites for hydroxylation is 2. The lowest BCUT2D eigenvalue weighted by molar-refractivity contribution is -0.121. The molecule has 0 fully saturated rings. The summed E-state index contributed by atoms with van der Waals surface area (Å²) in [6.07, 6.45) is 1.14. The van der Waals surface area contributed by atoms with Gasteiger partial charge in [-0.25, -0.2) is 0 Å². The summed E-state index contributed by atoms with van der Waals surface area (Å²) in [6, 6.07) is 15.3. The predicted octanol–water partition coefficient (Wildman–Crippen LogP) is 3.75. The third-order valence-corrected chi connectivity index (χ3v) is 4.21. The minimum absolute atomic E-state index is 0.0137. The summed E-state index contributed by atoms with van der Waals surface area (Å²) in [5, 5.41) is 3.52. The van der Waals surface area contributed by atoms with Gasteiger partial charge < -0.3 is 10.2 Å². The number of carbonyl (C=O) groups excluding carboxylic acids is 2. The zero-order valence-corrected chi connectivity index (χ0v) is 15.3. The summed E-state index contributed by atoms with van der Waals surface area (Å²) >= 11 is 5.97. The molecule has 0 saturated heterocycles. The van der Waals surface area contributed by atoms with Crippen molar-refractivity contribution in [2.45, 2.75) is 26.7 Å². The van der Waals surface area contributed by atoms with Crippen molar-refractivity contribution in [3.05, 3.63) is 64.7 Å². The number of halogens is 1. The van der Waals surface area contributed by atoms with Crippen molar-refractivity contribution in [3.8, 4) is 0 Å². The normalized spacial score (nSPS) is 10.4. The number of nitrogens with zero attached hydrogens (tertiary/aromatic N) is 1. The average Bonchev–Trinajstić information content (AvgIpc) is 2.58. The van der Waals surface area contributed by atoms with Gasteiger partial charge in [0.2, 0.25) is 11.8 Å². The van der Waals surface area contributed by atoms with Crippen molar-refractivity contribution in [1.82, 2.24) is 5.32 Å². The molecule has 5 heteroatoms. The molecule has 25 heavy (non-hydrogen) atoms. The van der Waals surface area contributed by atoms with E-state index in [0.717, 1.165) is 16.8 Å². The van der Waals surface area contributed by atoms with E-state index in [0.29, 0.717) is 31.0 Å². The maximum atomic E-state index is 12.0. The molecule has 2 amide bonds. The van der Waals surface area contributed by atoms with Crippen LogP contribution in [0.25, 0.3) is 0 Å². The van der Waals surface area contributed by atoms with E-state index in [9.17, 15) is 9.59 Å². The van der Waals surface area contributed by atoms with Crippen LogP contribution in [0.1, 0.15) is 24.5 Å². The molecule has 2 aromatic carbocycles. The van der Waals surface area contributed by atoms with Crippen LogP contribution in [0.4, 0.5) is 5.69 Å². The number of anilines is 1. The van der Waals surface area contributed by atoms with Crippen LogP contribution in [0.2, 0.25) is 5.02 Å². The van der Waals surface area contributed by atoms with E-state index in [2.05, 4.69) is 5.32 Å². The molecule has 0 heterocycles. The van der Waals surface area contributed by atoms with Crippen LogP contribution in [0.15, 0.2) is 48.5 Å². The highest BCUT2D eigenvalue weighted by molar-refractivity contribution is 6.30. The van der Waals surface area contributed by atoms with E-state index in [4.69, 9.17) is 11.6 Å². The number of amides is 2. The smallest absolute Gasteiger partial charge is 0.223 e. The molecular formula is C20H23ClN2O2. The van der Waals surface area contributed by atoms with E-state index in [1.165, 1.54) is 6.92 Å². The van der Waals surface area contributed by atoms with Gasteiger partial charge in [-0.1, -0.05) is 41.9 Å². The molecule has 0 bridgehead atoms. The fourth-order valence-corrected chi connectivity index (χ4v) is 2.89.